The van der Waals surface area contributed by atoms with Gasteiger partial charge in [0.2, 0.25) is 0 Å². The number of hydrogen-bond donors (Lipinski definition) is 1. The van der Waals surface area contributed by atoms with Gasteiger partial charge < -0.3 is 15.0 Å². The molecule has 168 valence electrons. The molecular weight excluding hydrogens is 414 g/mol. The first-order valence-corrected chi connectivity index (χ1v) is 10.9. The highest BCUT2D eigenvalue weighted by Crippen LogP contribution is 2.29. The predicted octanol–water partition coefficient (Wildman–Crippen LogP) is 3.98. The van der Waals surface area contributed by atoms with Crippen LogP contribution in [-0.2, 0) is 4.74 Å². The van der Waals surface area contributed by atoms with E-state index in [1.165, 1.54) is 6.07 Å². The first kappa shape index (κ1) is 22.0. The summed E-state index contributed by atoms with van der Waals surface area (Å²) >= 11 is 0. The summed E-state index contributed by atoms with van der Waals surface area (Å²) in [6.07, 6.45) is 2.25. The Morgan fingerprint density at radius 1 is 1.12 bits per heavy atom. The fourth-order valence-corrected chi connectivity index (χ4v) is 4.42. The van der Waals surface area contributed by atoms with Crippen LogP contribution in [0, 0.1) is 23.0 Å². The van der Waals surface area contributed by atoms with E-state index in [1.54, 1.807) is 4.90 Å². The van der Waals surface area contributed by atoms with Crippen molar-refractivity contribution in [1.82, 2.24) is 10.2 Å². The highest BCUT2D eigenvalue weighted by molar-refractivity contribution is 5.70. The zero-order chi connectivity index (χ0) is 22.5. The third-order valence-electron chi connectivity index (χ3n) is 6.17. The van der Waals surface area contributed by atoms with Crippen LogP contribution in [0.4, 0.5) is 19.3 Å². The van der Waals surface area contributed by atoms with E-state index in [9.17, 15) is 18.8 Å². The van der Waals surface area contributed by atoms with Crippen LogP contribution in [0.25, 0.3) is 0 Å². The Kier molecular flexibility index (Phi) is 6.86. The molecule has 0 aromatic heterocycles. The summed E-state index contributed by atoms with van der Waals surface area (Å²) in [5, 5.41) is 12.9. The Labute approximate surface area is 186 Å². The summed E-state index contributed by atoms with van der Waals surface area (Å²) in [6.45, 7) is 3.12. The van der Waals surface area contributed by atoms with Crippen LogP contribution in [0.5, 0.6) is 0 Å². The van der Waals surface area contributed by atoms with E-state index >= 15 is 0 Å². The summed E-state index contributed by atoms with van der Waals surface area (Å²) in [7, 11) is 0. The van der Waals surface area contributed by atoms with Gasteiger partial charge in [0.05, 0.1) is 17.3 Å². The van der Waals surface area contributed by atoms with Crippen molar-refractivity contribution in [3.8, 4) is 6.07 Å². The van der Waals surface area contributed by atoms with Gasteiger partial charge in [-0.3, -0.25) is 4.90 Å². The molecule has 1 N–H and O–H groups in total. The molecule has 2 aromatic rings. The Balaban J connectivity index is 1.23. The molecule has 32 heavy (non-hydrogen) atoms. The van der Waals surface area contributed by atoms with Crippen LogP contribution in [0.1, 0.15) is 36.4 Å². The van der Waals surface area contributed by atoms with Gasteiger partial charge >= 0.3 is 6.09 Å². The number of nitriles is 1. The Morgan fingerprint density at radius 3 is 2.66 bits per heavy atom. The fourth-order valence-electron chi connectivity index (χ4n) is 4.42. The minimum absolute atomic E-state index is 0.139. The second-order valence-corrected chi connectivity index (χ2v) is 8.16. The highest BCUT2D eigenvalue weighted by Gasteiger charge is 2.34. The molecule has 0 radical (unpaired) electrons. The van der Waals surface area contributed by atoms with Crippen molar-refractivity contribution in [2.75, 3.05) is 37.7 Å². The molecular formula is C24H26F2N4O2. The number of rotatable bonds is 7. The quantitative estimate of drug-likeness (QED) is 0.660. The van der Waals surface area contributed by atoms with Gasteiger partial charge in [0.25, 0.3) is 0 Å². The number of nitrogens with zero attached hydrogens (tertiary/aromatic N) is 3. The Hall–Kier alpha value is -3.18. The van der Waals surface area contributed by atoms with Crippen molar-refractivity contribution in [1.29, 1.82) is 5.26 Å². The van der Waals surface area contributed by atoms with Gasteiger partial charge in [-0.15, -0.1) is 0 Å². The molecule has 2 aliphatic heterocycles. The average Bonchev–Trinajstić information content (AvgIpc) is 3.19. The van der Waals surface area contributed by atoms with Crippen molar-refractivity contribution in [3.05, 3.63) is 65.2 Å². The maximum absolute atomic E-state index is 13.6. The third kappa shape index (κ3) is 4.83. The smallest absolute Gasteiger partial charge is 0.410 e. The van der Waals surface area contributed by atoms with Gasteiger partial charge in [0.1, 0.15) is 12.7 Å². The molecule has 1 amide bonds. The largest absolute Gasteiger partial charge is 0.447 e. The number of cyclic esters (lactones) is 1. The number of amides is 1. The van der Waals surface area contributed by atoms with E-state index in [-0.39, 0.29) is 6.61 Å². The van der Waals surface area contributed by atoms with Crippen molar-refractivity contribution in [3.63, 3.8) is 0 Å². The summed E-state index contributed by atoms with van der Waals surface area (Å²) in [4.78, 5) is 15.9. The van der Waals surface area contributed by atoms with Crippen molar-refractivity contribution < 1.29 is 18.3 Å². The van der Waals surface area contributed by atoms with Gasteiger partial charge in [-0.25, -0.2) is 13.6 Å². The first-order valence-electron chi connectivity index (χ1n) is 10.9. The molecule has 0 bridgehead atoms. The zero-order valence-electron chi connectivity index (χ0n) is 17.8. The topological polar surface area (TPSA) is 68.6 Å². The van der Waals surface area contributed by atoms with E-state index in [0.717, 1.165) is 56.7 Å². The van der Waals surface area contributed by atoms with Crippen molar-refractivity contribution in [2.45, 2.75) is 31.3 Å². The number of para-hydroxylation sites is 1. The van der Waals surface area contributed by atoms with Crippen LogP contribution < -0.4 is 10.2 Å². The molecule has 2 saturated heterocycles. The second-order valence-electron chi connectivity index (χ2n) is 8.16. The molecule has 4 rings (SSSR count). The van der Waals surface area contributed by atoms with E-state index < -0.39 is 23.8 Å². The Bertz CT molecular complexity index is 1000. The van der Waals surface area contributed by atoms with Gasteiger partial charge in [-0.1, -0.05) is 18.2 Å². The summed E-state index contributed by atoms with van der Waals surface area (Å²) in [6, 6.07) is 13.6. The summed E-state index contributed by atoms with van der Waals surface area (Å²) in [5.41, 5.74) is 2.23. The minimum Gasteiger partial charge on any atom is -0.447 e. The van der Waals surface area contributed by atoms with Crippen LogP contribution in [0.15, 0.2) is 42.5 Å². The van der Waals surface area contributed by atoms with Gasteiger partial charge in [0.15, 0.2) is 11.6 Å². The summed E-state index contributed by atoms with van der Waals surface area (Å²) in [5.74, 6) is -1.83. The number of ether oxygens (including phenoxy) is 1. The average molecular weight is 440 g/mol. The van der Waals surface area contributed by atoms with E-state index in [4.69, 9.17) is 4.74 Å². The maximum atomic E-state index is 13.6. The number of piperidine rings is 1. The van der Waals surface area contributed by atoms with Crippen LogP contribution in [-0.4, -0.2) is 49.8 Å². The number of carbonyl (C=O) groups excluding carboxylic acids is 1. The molecule has 0 aliphatic carbocycles. The van der Waals surface area contributed by atoms with Crippen molar-refractivity contribution >= 4 is 11.8 Å². The molecule has 8 heteroatoms. The maximum Gasteiger partial charge on any atom is 0.410 e. The molecule has 1 unspecified atom stereocenters. The fraction of sp³-hybridized carbons (Fsp3) is 0.417. The number of halogens is 2. The van der Waals surface area contributed by atoms with Crippen LogP contribution in [0.2, 0.25) is 0 Å². The molecule has 0 saturated carbocycles. The number of hydrogen-bond acceptors (Lipinski definition) is 5. The normalized spacial score (nSPS) is 19.2. The lowest BCUT2D eigenvalue weighted by molar-refractivity contribution is 0.157. The van der Waals surface area contributed by atoms with Gasteiger partial charge in [0, 0.05) is 25.7 Å². The standard InChI is InChI=1S/C24H26F2N4O2/c25-20-7-6-17(14-21(20)26)23-16-32-24(31)30(23)11-3-10-28-19-8-12-29(13-9-19)22-5-2-1-4-18(22)15-27/h1-2,4-7,14,19,23,28H,3,8-13,16H2. The molecule has 1 atom stereocenters. The molecule has 2 fully saturated rings. The van der Waals surface area contributed by atoms with E-state index in [0.29, 0.717) is 23.7 Å². The van der Waals surface area contributed by atoms with Gasteiger partial charge in [-0.05, 0) is 55.6 Å². The lowest BCUT2D eigenvalue weighted by atomic mass is 10.0. The number of anilines is 1. The van der Waals surface area contributed by atoms with Crippen LogP contribution >= 0.6 is 0 Å². The second kappa shape index (κ2) is 9.96. The number of nitrogens with one attached hydrogen (secondary N) is 1. The SMILES string of the molecule is N#Cc1ccccc1N1CCC(NCCCN2C(=O)OCC2c2ccc(F)c(F)c2)CC1. The van der Waals surface area contributed by atoms with Gasteiger partial charge in [-0.2, -0.15) is 5.26 Å². The number of carbonyl (C=O) groups is 1. The number of benzene rings is 2. The molecule has 0 spiro atoms. The summed E-state index contributed by atoms with van der Waals surface area (Å²) < 4.78 is 32.0. The molecule has 2 aromatic carbocycles. The lowest BCUT2D eigenvalue weighted by Gasteiger charge is -2.34. The first-order chi connectivity index (χ1) is 15.6. The predicted molar refractivity (Wildman–Crippen MR) is 116 cm³/mol. The highest BCUT2D eigenvalue weighted by atomic mass is 19.2. The van der Waals surface area contributed by atoms with Crippen molar-refractivity contribution in [2.24, 2.45) is 0 Å². The monoisotopic (exact) mass is 440 g/mol. The van der Waals surface area contributed by atoms with E-state index in [1.807, 2.05) is 24.3 Å². The molecule has 2 heterocycles. The molecule has 6 nitrogen and oxygen atoms in total. The lowest BCUT2D eigenvalue weighted by Crippen LogP contribution is -2.43. The third-order valence-corrected chi connectivity index (χ3v) is 6.17. The minimum atomic E-state index is -0.924. The Morgan fingerprint density at radius 2 is 1.91 bits per heavy atom. The van der Waals surface area contributed by atoms with Crippen LogP contribution in [0.3, 0.4) is 0 Å². The molecule has 2 aliphatic rings. The van der Waals surface area contributed by atoms with E-state index in [2.05, 4.69) is 16.3 Å². The zero-order valence-corrected chi connectivity index (χ0v) is 17.8.